The van der Waals surface area contributed by atoms with E-state index in [1.807, 2.05) is 97.4 Å². The van der Waals surface area contributed by atoms with Gasteiger partial charge < -0.3 is 9.47 Å². The van der Waals surface area contributed by atoms with E-state index < -0.39 is 0 Å². The molecular weight excluding hydrogens is 730 g/mol. The molecule has 11 nitrogen and oxygen atoms in total. The molecule has 1 saturated heterocycles. The van der Waals surface area contributed by atoms with Crippen molar-refractivity contribution < 1.29 is 19.1 Å². The summed E-state index contributed by atoms with van der Waals surface area (Å²) in [6.07, 6.45) is 6.82. The fourth-order valence-corrected chi connectivity index (χ4v) is 5.30. The van der Waals surface area contributed by atoms with Gasteiger partial charge in [-0.15, -0.1) is 20.4 Å². The topological polar surface area (TPSA) is 116 Å². The van der Waals surface area contributed by atoms with Crippen LogP contribution in [0.2, 0.25) is 0 Å². The van der Waals surface area contributed by atoms with Gasteiger partial charge in [-0.3, -0.25) is 18.4 Å². The highest BCUT2D eigenvalue weighted by Gasteiger charge is 2.26. The molecule has 5 heterocycles. The van der Waals surface area contributed by atoms with E-state index in [2.05, 4.69) is 76.7 Å². The summed E-state index contributed by atoms with van der Waals surface area (Å²) in [5.74, 6) is 1.49. The summed E-state index contributed by atoms with van der Waals surface area (Å²) in [6, 6.07) is 24.2. The lowest BCUT2D eigenvalue weighted by Gasteiger charge is -2.10. The summed E-state index contributed by atoms with van der Waals surface area (Å²) in [5.41, 5.74) is 6.18. The third-order valence-corrected chi connectivity index (χ3v) is 8.09. The first-order valence-electron chi connectivity index (χ1n) is 14.9. The molecule has 2 amide bonds. The van der Waals surface area contributed by atoms with E-state index in [1.54, 1.807) is 6.33 Å². The van der Waals surface area contributed by atoms with Crippen molar-refractivity contribution in [3.05, 3.63) is 96.3 Å². The van der Waals surface area contributed by atoms with Gasteiger partial charge in [0.25, 0.3) is 0 Å². The van der Waals surface area contributed by atoms with E-state index in [-0.39, 0.29) is 24.0 Å². The molecule has 0 bridgehead atoms. The lowest BCUT2D eigenvalue weighted by atomic mass is 10.1. The first-order chi connectivity index (χ1) is 22.6. The average molecular weight is 763 g/mol. The van der Waals surface area contributed by atoms with Gasteiger partial charge in [0.2, 0.25) is 16.5 Å². The third-order valence-electron chi connectivity index (χ3n) is 6.76. The summed E-state index contributed by atoms with van der Waals surface area (Å²) in [5, 5.41) is 15.9. The number of carbonyl (C=O) groups is 2. The minimum absolute atomic E-state index is 0.144. The van der Waals surface area contributed by atoms with Gasteiger partial charge in [-0.25, -0.2) is 3.93 Å². The number of nitrogens with zero attached hydrogens (tertiary/aromatic N) is 7. The van der Waals surface area contributed by atoms with Gasteiger partial charge in [0.1, 0.15) is 17.8 Å². The average Bonchev–Trinajstić information content (AvgIpc) is 3.77. The highest BCUT2D eigenvalue weighted by molar-refractivity contribution is 9.10. The second-order valence-corrected chi connectivity index (χ2v) is 12.5. The van der Waals surface area contributed by atoms with Crippen LogP contribution in [-0.2, 0) is 9.59 Å². The highest BCUT2D eigenvalue weighted by atomic mass is 79.9. The van der Waals surface area contributed by atoms with Crippen molar-refractivity contribution in [3.8, 4) is 33.8 Å². The van der Waals surface area contributed by atoms with Crippen molar-refractivity contribution in [3.63, 3.8) is 0 Å². The number of imide groups is 1. The molecule has 7 rings (SSSR count). The molecule has 2 aromatic carbocycles. The Morgan fingerprint density at radius 1 is 0.638 bits per heavy atom. The minimum atomic E-state index is -0.144. The summed E-state index contributed by atoms with van der Waals surface area (Å²) in [4.78, 5) is 20.9. The van der Waals surface area contributed by atoms with E-state index in [0.717, 1.165) is 49.0 Å². The van der Waals surface area contributed by atoms with E-state index in [4.69, 9.17) is 9.47 Å². The summed E-state index contributed by atoms with van der Waals surface area (Å²) >= 11 is 6.18. The molecule has 0 unspecified atom stereocenters. The fraction of sp³-hybridized carbons (Fsp3) is 0.235. The van der Waals surface area contributed by atoms with Gasteiger partial charge in [0.15, 0.2) is 11.3 Å². The minimum Gasteiger partial charge on any atom is -0.491 e. The van der Waals surface area contributed by atoms with Crippen LogP contribution in [0.25, 0.3) is 33.5 Å². The maximum Gasteiger partial charge on any atom is 0.239 e. The lowest BCUT2D eigenvalue weighted by molar-refractivity contribution is -0.131. The molecule has 0 N–H and O–H groups in total. The van der Waals surface area contributed by atoms with Crippen LogP contribution in [0.3, 0.4) is 0 Å². The van der Waals surface area contributed by atoms with E-state index in [9.17, 15) is 9.59 Å². The Morgan fingerprint density at radius 2 is 1.13 bits per heavy atom. The number of pyridine rings is 2. The number of amides is 2. The molecule has 0 radical (unpaired) electrons. The van der Waals surface area contributed by atoms with Crippen molar-refractivity contribution in [1.82, 2.24) is 33.1 Å². The zero-order valence-electron chi connectivity index (χ0n) is 26.2. The third kappa shape index (κ3) is 8.80. The maximum atomic E-state index is 10.4. The standard InChI is InChI=1S/C15H14BrN3O.C15H15N3O.C4H4BrNO2/c1-10(2)20-13-6-3-11(4-7-13)12-5-8-14-17-18-15(16)19(14)9-12;1-11(2)19-14-6-3-12(4-7-14)13-5-8-15-17-16-10-18(15)9-13;5-6-3(7)1-2-4(6)8/h3-10H,1-2H3;3-11H,1-2H3;1-2H2. The van der Waals surface area contributed by atoms with Crippen LogP contribution >= 0.6 is 32.1 Å². The lowest BCUT2D eigenvalue weighted by Crippen LogP contribution is -2.16. The number of hydrogen-bond acceptors (Lipinski definition) is 8. The van der Waals surface area contributed by atoms with Crippen molar-refractivity contribution >= 4 is 55.2 Å². The number of fused-ring (bicyclic) bond motifs is 2. The van der Waals surface area contributed by atoms with Crippen LogP contribution < -0.4 is 9.47 Å². The van der Waals surface area contributed by atoms with Crippen LogP contribution in [0.4, 0.5) is 0 Å². The largest absolute Gasteiger partial charge is 0.491 e. The molecule has 47 heavy (non-hydrogen) atoms. The molecule has 1 fully saturated rings. The Hall–Kier alpha value is -4.62. The van der Waals surface area contributed by atoms with Gasteiger partial charge >= 0.3 is 0 Å². The molecule has 242 valence electrons. The van der Waals surface area contributed by atoms with Crippen molar-refractivity contribution in [1.29, 1.82) is 0 Å². The van der Waals surface area contributed by atoms with Crippen molar-refractivity contribution in [2.75, 3.05) is 0 Å². The van der Waals surface area contributed by atoms with E-state index >= 15 is 0 Å². The molecule has 0 aliphatic carbocycles. The normalized spacial score (nSPS) is 12.7. The number of hydrogen-bond donors (Lipinski definition) is 0. The maximum absolute atomic E-state index is 10.4. The number of rotatable bonds is 6. The predicted octanol–water partition coefficient (Wildman–Crippen LogP) is 7.57. The quantitative estimate of drug-likeness (QED) is 0.126. The SMILES string of the molecule is CC(C)Oc1ccc(-c2ccc3nnc(Br)n3c2)cc1.CC(C)Oc1ccc(-c2ccc3nncn3c2)cc1.O=C1CCC(=O)N1Br. The van der Waals surface area contributed by atoms with Gasteiger partial charge in [-0.05, 0) is 114 Å². The van der Waals surface area contributed by atoms with Crippen LogP contribution in [0.15, 0.2) is 96.3 Å². The van der Waals surface area contributed by atoms with Gasteiger partial charge in [0, 0.05) is 25.2 Å². The predicted molar refractivity (Wildman–Crippen MR) is 186 cm³/mol. The van der Waals surface area contributed by atoms with Gasteiger partial charge in [-0.2, -0.15) is 0 Å². The Kier molecular flexibility index (Phi) is 11.0. The van der Waals surface area contributed by atoms with Gasteiger partial charge in [-0.1, -0.05) is 24.3 Å². The number of halogens is 2. The highest BCUT2D eigenvalue weighted by Crippen LogP contribution is 2.25. The smallest absolute Gasteiger partial charge is 0.239 e. The molecule has 0 saturated carbocycles. The number of ether oxygens (including phenoxy) is 2. The van der Waals surface area contributed by atoms with E-state index in [1.165, 1.54) is 0 Å². The molecule has 1 aliphatic heterocycles. The van der Waals surface area contributed by atoms with Crippen molar-refractivity contribution in [2.45, 2.75) is 52.7 Å². The Labute approximate surface area is 289 Å². The Bertz CT molecular complexity index is 1960. The molecule has 1 aliphatic rings. The second-order valence-electron chi connectivity index (χ2n) is 11.1. The molecule has 0 atom stereocenters. The summed E-state index contributed by atoms with van der Waals surface area (Å²) < 4.78 is 16.8. The number of carbonyl (C=O) groups excluding carboxylic acids is 2. The van der Waals surface area contributed by atoms with Gasteiger partial charge in [0.05, 0.1) is 28.4 Å². The second kappa shape index (κ2) is 15.3. The fourth-order valence-electron chi connectivity index (χ4n) is 4.58. The zero-order valence-corrected chi connectivity index (χ0v) is 29.4. The summed E-state index contributed by atoms with van der Waals surface area (Å²) in [6.45, 7) is 8.08. The monoisotopic (exact) mass is 761 g/mol. The van der Waals surface area contributed by atoms with Crippen LogP contribution in [0, 0.1) is 0 Å². The van der Waals surface area contributed by atoms with Crippen LogP contribution in [-0.4, -0.2) is 57.1 Å². The van der Waals surface area contributed by atoms with Crippen molar-refractivity contribution in [2.24, 2.45) is 0 Å². The first-order valence-corrected chi connectivity index (χ1v) is 16.4. The van der Waals surface area contributed by atoms with Crippen LogP contribution in [0.1, 0.15) is 40.5 Å². The molecular formula is C34H33Br2N7O4. The molecule has 13 heteroatoms. The van der Waals surface area contributed by atoms with E-state index in [0.29, 0.717) is 17.6 Å². The number of aromatic nitrogens is 6. The summed E-state index contributed by atoms with van der Waals surface area (Å²) in [7, 11) is 0. The van der Waals surface area contributed by atoms with Crippen LogP contribution in [0.5, 0.6) is 11.5 Å². The first kappa shape index (κ1) is 33.7. The molecule has 6 aromatic rings. The number of benzene rings is 2. The molecule has 0 spiro atoms. The molecule has 4 aromatic heterocycles. The Morgan fingerprint density at radius 3 is 1.62 bits per heavy atom. The zero-order chi connectivity index (χ0) is 33.5. The Balaban J connectivity index is 0.000000150.